The molecule has 1 atom stereocenters. The Kier molecular flexibility index (Phi) is 6.75. The highest BCUT2D eigenvalue weighted by Crippen LogP contribution is 2.44. The number of hydrogen-bond acceptors (Lipinski definition) is 4. The molecule has 2 fully saturated rings. The molecule has 7 heteroatoms. The zero-order chi connectivity index (χ0) is 24.4. The summed E-state index contributed by atoms with van der Waals surface area (Å²) in [5, 5.41) is 11.9. The lowest BCUT2D eigenvalue weighted by Crippen LogP contribution is -2.55. The van der Waals surface area contributed by atoms with Gasteiger partial charge in [-0.05, 0) is 59.8 Å². The Bertz CT molecular complexity index is 1060. The Morgan fingerprint density at radius 2 is 1.54 bits per heavy atom. The fourth-order valence-corrected chi connectivity index (χ4v) is 5.72. The minimum absolute atomic E-state index is 0.0285. The van der Waals surface area contributed by atoms with Crippen LogP contribution in [0.25, 0.3) is 11.1 Å². The number of likely N-dealkylation sites (tertiary alicyclic amines) is 1. The summed E-state index contributed by atoms with van der Waals surface area (Å²) >= 11 is 0. The first-order chi connectivity index (χ1) is 17.0. The number of amides is 2. The molecule has 184 valence electrons. The summed E-state index contributed by atoms with van der Waals surface area (Å²) in [7, 11) is 0. The maximum Gasteiger partial charge on any atom is 0.407 e. The molecule has 1 saturated heterocycles. The number of ether oxygens (including phenoxy) is 1. The first-order valence-corrected chi connectivity index (χ1v) is 12.6. The van der Waals surface area contributed by atoms with Crippen molar-refractivity contribution >= 4 is 18.0 Å². The van der Waals surface area contributed by atoms with E-state index in [1.165, 1.54) is 11.1 Å². The van der Waals surface area contributed by atoms with Crippen LogP contribution in [0.2, 0.25) is 0 Å². The van der Waals surface area contributed by atoms with E-state index >= 15 is 0 Å². The molecule has 0 aromatic heterocycles. The molecule has 1 saturated carbocycles. The van der Waals surface area contributed by atoms with Gasteiger partial charge in [-0.15, -0.1) is 0 Å². The molecule has 1 aliphatic heterocycles. The maximum atomic E-state index is 13.3. The van der Waals surface area contributed by atoms with Crippen molar-refractivity contribution in [1.29, 1.82) is 0 Å². The number of carboxylic acid groups (broad SMARTS) is 1. The number of benzene rings is 2. The summed E-state index contributed by atoms with van der Waals surface area (Å²) in [6.45, 7) is 1.28. The van der Waals surface area contributed by atoms with Crippen molar-refractivity contribution in [3.05, 3.63) is 59.7 Å². The van der Waals surface area contributed by atoms with Gasteiger partial charge in [-0.3, -0.25) is 9.59 Å². The van der Waals surface area contributed by atoms with Gasteiger partial charge in [-0.1, -0.05) is 55.0 Å². The molecular weight excluding hydrogens is 444 g/mol. The van der Waals surface area contributed by atoms with Crippen LogP contribution in [-0.2, 0) is 14.3 Å². The molecule has 1 unspecified atom stereocenters. The lowest BCUT2D eigenvalue weighted by atomic mass is 9.79. The first-order valence-electron chi connectivity index (χ1n) is 12.6. The largest absolute Gasteiger partial charge is 0.481 e. The van der Waals surface area contributed by atoms with Crippen LogP contribution in [0.15, 0.2) is 48.5 Å². The molecule has 7 nitrogen and oxygen atoms in total. The molecule has 5 rings (SSSR count). The van der Waals surface area contributed by atoms with Gasteiger partial charge >= 0.3 is 12.1 Å². The van der Waals surface area contributed by atoms with E-state index in [4.69, 9.17) is 9.84 Å². The number of piperidine rings is 1. The molecule has 2 aromatic rings. The van der Waals surface area contributed by atoms with Gasteiger partial charge in [0.1, 0.15) is 12.6 Å². The second kappa shape index (κ2) is 10.1. The van der Waals surface area contributed by atoms with Crippen molar-refractivity contribution in [3.63, 3.8) is 0 Å². The van der Waals surface area contributed by atoms with E-state index in [1.807, 2.05) is 24.3 Å². The number of rotatable bonds is 7. The van der Waals surface area contributed by atoms with Crippen LogP contribution in [0.3, 0.4) is 0 Å². The number of aliphatic carboxylic acids is 1. The Labute approximate surface area is 205 Å². The Morgan fingerprint density at radius 3 is 2.09 bits per heavy atom. The third-order valence-corrected chi connectivity index (χ3v) is 7.89. The van der Waals surface area contributed by atoms with Crippen LogP contribution in [-0.4, -0.2) is 53.7 Å². The maximum absolute atomic E-state index is 13.3. The van der Waals surface area contributed by atoms with Crippen LogP contribution >= 0.6 is 0 Å². The van der Waals surface area contributed by atoms with Crippen LogP contribution in [0.1, 0.15) is 55.6 Å². The number of carbonyl (C=O) groups is 3. The van der Waals surface area contributed by atoms with E-state index in [0.29, 0.717) is 25.9 Å². The van der Waals surface area contributed by atoms with Crippen LogP contribution in [0.4, 0.5) is 4.79 Å². The van der Waals surface area contributed by atoms with Gasteiger partial charge in [-0.25, -0.2) is 4.79 Å². The SMILES string of the molecule is O=C(O)CC1CCN(C(=O)C(NC(=O)OCC2c3ccccc3-c3ccccc32)C2CCC2)CC1. The first kappa shape index (κ1) is 23.4. The summed E-state index contributed by atoms with van der Waals surface area (Å²) in [5.41, 5.74) is 4.64. The quantitative estimate of drug-likeness (QED) is 0.617. The fourth-order valence-electron chi connectivity index (χ4n) is 5.72. The standard InChI is InChI=1S/C28H32N2O5/c31-25(32)16-18-12-14-30(15-13-18)27(33)26(19-6-5-7-19)29-28(34)35-17-24-22-10-3-1-8-20(22)21-9-2-4-11-23(21)24/h1-4,8-11,18-19,24,26H,5-7,12-17H2,(H,29,34)(H,31,32). The predicted molar refractivity (Wildman–Crippen MR) is 131 cm³/mol. The Balaban J connectivity index is 1.21. The van der Waals surface area contributed by atoms with Crippen LogP contribution < -0.4 is 5.32 Å². The van der Waals surface area contributed by atoms with Crippen molar-refractivity contribution < 1.29 is 24.2 Å². The molecule has 2 aliphatic carbocycles. The van der Waals surface area contributed by atoms with Gasteiger partial charge in [0, 0.05) is 25.4 Å². The summed E-state index contributed by atoms with van der Waals surface area (Å²) in [4.78, 5) is 39.0. The van der Waals surface area contributed by atoms with Crippen LogP contribution in [0.5, 0.6) is 0 Å². The van der Waals surface area contributed by atoms with Crippen molar-refractivity contribution in [2.75, 3.05) is 19.7 Å². The molecule has 35 heavy (non-hydrogen) atoms. The normalized spacial score (nSPS) is 18.8. The molecule has 2 N–H and O–H groups in total. The smallest absolute Gasteiger partial charge is 0.407 e. The van der Waals surface area contributed by atoms with E-state index in [0.717, 1.165) is 30.4 Å². The van der Waals surface area contributed by atoms with E-state index < -0.39 is 18.1 Å². The summed E-state index contributed by atoms with van der Waals surface area (Å²) in [5.74, 6) is -0.663. The molecular formula is C28H32N2O5. The summed E-state index contributed by atoms with van der Waals surface area (Å²) < 4.78 is 5.70. The number of hydrogen-bond donors (Lipinski definition) is 2. The molecule has 2 amide bonds. The minimum atomic E-state index is -0.793. The molecule has 2 aromatic carbocycles. The lowest BCUT2D eigenvalue weighted by Gasteiger charge is -2.38. The zero-order valence-corrected chi connectivity index (χ0v) is 19.8. The second-order valence-corrected chi connectivity index (χ2v) is 10.0. The summed E-state index contributed by atoms with van der Waals surface area (Å²) in [6, 6.07) is 15.8. The zero-order valence-electron chi connectivity index (χ0n) is 19.8. The van der Waals surface area contributed by atoms with Crippen molar-refractivity contribution in [1.82, 2.24) is 10.2 Å². The highest BCUT2D eigenvalue weighted by molar-refractivity contribution is 5.86. The number of fused-ring (bicyclic) bond motifs is 3. The van der Waals surface area contributed by atoms with Gasteiger partial charge in [0.05, 0.1) is 0 Å². The van der Waals surface area contributed by atoms with Crippen LogP contribution in [0, 0.1) is 11.8 Å². The van der Waals surface area contributed by atoms with E-state index in [2.05, 4.69) is 29.6 Å². The molecule has 0 radical (unpaired) electrons. The third-order valence-electron chi connectivity index (χ3n) is 7.89. The van der Waals surface area contributed by atoms with Gasteiger partial charge in [0.25, 0.3) is 0 Å². The van der Waals surface area contributed by atoms with E-state index in [9.17, 15) is 14.4 Å². The highest BCUT2D eigenvalue weighted by Gasteiger charge is 2.38. The molecule has 3 aliphatic rings. The van der Waals surface area contributed by atoms with E-state index in [-0.39, 0.29) is 36.7 Å². The monoisotopic (exact) mass is 476 g/mol. The fraction of sp³-hybridized carbons (Fsp3) is 0.464. The van der Waals surface area contributed by atoms with Crippen molar-refractivity contribution in [2.24, 2.45) is 11.8 Å². The van der Waals surface area contributed by atoms with Gasteiger partial charge < -0.3 is 20.1 Å². The molecule has 0 spiro atoms. The Morgan fingerprint density at radius 1 is 0.943 bits per heavy atom. The lowest BCUT2D eigenvalue weighted by molar-refractivity contribution is -0.139. The molecule has 0 bridgehead atoms. The van der Waals surface area contributed by atoms with Crippen molar-refractivity contribution in [3.8, 4) is 11.1 Å². The predicted octanol–water partition coefficient (Wildman–Crippen LogP) is 4.41. The average Bonchev–Trinajstić information content (AvgIpc) is 3.15. The van der Waals surface area contributed by atoms with Gasteiger partial charge in [0.2, 0.25) is 5.91 Å². The number of carbonyl (C=O) groups excluding carboxylic acids is 2. The van der Waals surface area contributed by atoms with Gasteiger partial charge in [-0.2, -0.15) is 0 Å². The number of alkyl carbamates (subject to hydrolysis) is 1. The number of nitrogens with zero attached hydrogens (tertiary/aromatic N) is 1. The second-order valence-electron chi connectivity index (χ2n) is 10.0. The Hall–Kier alpha value is -3.35. The summed E-state index contributed by atoms with van der Waals surface area (Å²) in [6.07, 6.45) is 3.83. The number of nitrogens with one attached hydrogen (secondary N) is 1. The molecule has 1 heterocycles. The number of carboxylic acids is 1. The topological polar surface area (TPSA) is 95.9 Å². The van der Waals surface area contributed by atoms with Crippen molar-refractivity contribution in [2.45, 2.75) is 50.5 Å². The minimum Gasteiger partial charge on any atom is -0.481 e. The third kappa shape index (κ3) is 4.90. The average molecular weight is 477 g/mol. The van der Waals surface area contributed by atoms with Gasteiger partial charge in [0.15, 0.2) is 0 Å². The van der Waals surface area contributed by atoms with E-state index in [1.54, 1.807) is 4.90 Å². The highest BCUT2D eigenvalue weighted by atomic mass is 16.5.